The summed E-state index contributed by atoms with van der Waals surface area (Å²) in [6, 6.07) is 7.83. The molecule has 1 aromatic rings. The van der Waals surface area contributed by atoms with Crippen molar-refractivity contribution in [2.45, 2.75) is 21.4 Å². The molecule has 0 saturated carbocycles. The van der Waals surface area contributed by atoms with E-state index in [9.17, 15) is 5.11 Å². The average molecular weight is 385 g/mol. The van der Waals surface area contributed by atoms with Crippen molar-refractivity contribution in [1.29, 1.82) is 0 Å². The van der Waals surface area contributed by atoms with Gasteiger partial charge in [-0.15, -0.1) is 0 Å². The molecule has 0 bridgehead atoms. The second-order valence-electron chi connectivity index (χ2n) is 6.02. The Balaban J connectivity index is 2.47. The van der Waals surface area contributed by atoms with E-state index >= 15 is 0 Å². The fourth-order valence-corrected chi connectivity index (χ4v) is 5.91. The molecule has 0 saturated heterocycles. The summed E-state index contributed by atoms with van der Waals surface area (Å²) in [7, 11) is 1.65. The van der Waals surface area contributed by atoms with E-state index in [-0.39, 0.29) is 12.5 Å². The van der Waals surface area contributed by atoms with Crippen LogP contribution in [0.1, 0.15) is 5.56 Å². The fourth-order valence-electron chi connectivity index (χ4n) is 1.92. The van der Waals surface area contributed by atoms with Gasteiger partial charge in [0.15, 0.2) is 0 Å². The first-order chi connectivity index (χ1) is 9.38. The summed E-state index contributed by atoms with van der Waals surface area (Å²) in [6.07, 6.45) is 0. The number of rotatable bonds is 8. The molecule has 0 aliphatic rings. The van der Waals surface area contributed by atoms with Gasteiger partial charge in [0.25, 0.3) is 0 Å². The molecule has 0 aliphatic carbocycles. The molecule has 1 rings (SSSR count). The summed E-state index contributed by atoms with van der Waals surface area (Å²) in [6.45, 7) is 5.39. The van der Waals surface area contributed by atoms with Crippen molar-refractivity contribution >= 4 is 18.4 Å². The van der Waals surface area contributed by atoms with Crippen molar-refractivity contribution < 1.29 is 14.6 Å². The monoisotopic (exact) mass is 386 g/mol. The Morgan fingerprint density at radius 2 is 1.85 bits per heavy atom. The van der Waals surface area contributed by atoms with E-state index in [1.807, 2.05) is 24.3 Å². The molecule has 112 valence electrons. The molecule has 0 aliphatic heterocycles. The number of aliphatic hydroxyl groups is 1. The van der Waals surface area contributed by atoms with Crippen LogP contribution in [0.25, 0.3) is 0 Å². The maximum atomic E-state index is 9.50. The normalized spacial score (nSPS) is 13.1. The number of benzene rings is 1. The van der Waals surface area contributed by atoms with Gasteiger partial charge in [-0.1, -0.05) is 0 Å². The van der Waals surface area contributed by atoms with Crippen LogP contribution in [0.15, 0.2) is 34.4 Å². The number of ether oxygens (including phenoxy) is 2. The minimum atomic E-state index is -2.16. The topological polar surface area (TPSA) is 38.7 Å². The summed E-state index contributed by atoms with van der Waals surface area (Å²) in [5.41, 5.74) is 1.10. The van der Waals surface area contributed by atoms with Gasteiger partial charge in [-0.05, 0) is 0 Å². The summed E-state index contributed by atoms with van der Waals surface area (Å²) in [5.74, 6) is 0.918. The van der Waals surface area contributed by atoms with E-state index in [0.29, 0.717) is 13.2 Å². The zero-order valence-electron chi connectivity index (χ0n) is 13.0. The molecule has 0 spiro atoms. The predicted molar refractivity (Wildman–Crippen MR) is 85.7 cm³/mol. The number of methoxy groups -OCH3 is 1. The first kappa shape index (κ1) is 17.5. The van der Waals surface area contributed by atoms with Crippen molar-refractivity contribution in [3.63, 3.8) is 0 Å². The van der Waals surface area contributed by atoms with E-state index in [1.54, 1.807) is 7.11 Å². The average Bonchev–Trinajstić information content (AvgIpc) is 2.42. The van der Waals surface area contributed by atoms with Crippen molar-refractivity contribution in [1.82, 2.24) is 0 Å². The Bertz CT molecular complexity index is 420. The Morgan fingerprint density at radius 1 is 1.25 bits per heavy atom. The van der Waals surface area contributed by atoms with E-state index < -0.39 is 18.4 Å². The number of hydrogen-bond donors (Lipinski definition) is 1. The van der Waals surface area contributed by atoms with E-state index in [1.165, 1.54) is 3.59 Å². The van der Waals surface area contributed by atoms with Crippen LogP contribution in [0.2, 0.25) is 14.8 Å². The van der Waals surface area contributed by atoms with Gasteiger partial charge in [0.05, 0.1) is 0 Å². The van der Waals surface area contributed by atoms with Crippen LogP contribution in [0, 0.1) is 5.92 Å². The molecule has 0 fully saturated rings. The molecule has 1 N–H and O–H groups in total. The van der Waals surface area contributed by atoms with Gasteiger partial charge in [0.2, 0.25) is 0 Å². The third-order valence-corrected chi connectivity index (χ3v) is 10.1. The van der Waals surface area contributed by atoms with Crippen LogP contribution < -0.4 is 4.74 Å². The summed E-state index contributed by atoms with van der Waals surface area (Å²) in [4.78, 5) is 6.93. The quantitative estimate of drug-likeness (QED) is 0.699. The molecule has 1 aromatic carbocycles. The molecule has 1 unspecified atom stereocenters. The van der Waals surface area contributed by atoms with E-state index in [2.05, 4.69) is 21.4 Å². The molecule has 20 heavy (non-hydrogen) atoms. The molecule has 3 nitrogen and oxygen atoms in total. The predicted octanol–water partition coefficient (Wildman–Crippen LogP) is 3.25. The van der Waals surface area contributed by atoms with Crippen LogP contribution in [0.5, 0.6) is 5.75 Å². The van der Waals surface area contributed by atoms with Gasteiger partial charge in [-0.25, -0.2) is 0 Å². The summed E-state index contributed by atoms with van der Waals surface area (Å²) in [5, 5.41) is 9.50. The van der Waals surface area contributed by atoms with E-state index in [0.717, 1.165) is 11.3 Å². The van der Waals surface area contributed by atoms with Crippen LogP contribution in [-0.4, -0.2) is 43.8 Å². The van der Waals surface area contributed by atoms with Crippen molar-refractivity contribution in [3.8, 4) is 5.75 Å². The zero-order chi connectivity index (χ0) is 15.2. The Kier molecular flexibility index (Phi) is 7.06. The first-order valence-corrected chi connectivity index (χ1v) is 16.9. The first-order valence-electron chi connectivity index (χ1n) is 6.89. The SMILES string of the molecule is C=[C](C(CO)COCc1ccc(OC)cc1)[Sn]([CH3])([CH3])[CH3]. The second-order valence-corrected chi connectivity index (χ2v) is 20.7. The molecular formula is C16H26O3Sn. The molecule has 0 radical (unpaired) electrons. The van der Waals surface area contributed by atoms with Gasteiger partial charge < -0.3 is 0 Å². The Hall–Kier alpha value is -0.521. The van der Waals surface area contributed by atoms with Gasteiger partial charge in [-0.2, -0.15) is 0 Å². The molecule has 4 heteroatoms. The van der Waals surface area contributed by atoms with Crippen molar-refractivity contribution in [3.05, 3.63) is 40.0 Å². The molecule has 0 aromatic heterocycles. The number of aliphatic hydroxyl groups excluding tert-OH is 1. The number of hydrogen-bond acceptors (Lipinski definition) is 3. The Labute approximate surface area is 126 Å². The van der Waals surface area contributed by atoms with Gasteiger partial charge in [0, 0.05) is 0 Å². The third-order valence-electron chi connectivity index (χ3n) is 3.42. The minimum absolute atomic E-state index is 0.0732. The van der Waals surface area contributed by atoms with Crippen LogP contribution in [-0.2, 0) is 11.3 Å². The third kappa shape index (κ3) is 5.46. The van der Waals surface area contributed by atoms with Crippen LogP contribution in [0.3, 0.4) is 0 Å². The van der Waals surface area contributed by atoms with Crippen molar-refractivity contribution in [2.24, 2.45) is 5.92 Å². The zero-order valence-corrected chi connectivity index (χ0v) is 15.8. The fraction of sp³-hybridized carbons (Fsp3) is 0.500. The molecular weight excluding hydrogens is 359 g/mol. The molecule has 0 amide bonds. The van der Waals surface area contributed by atoms with Crippen LogP contribution >= 0.6 is 0 Å². The molecule has 0 heterocycles. The van der Waals surface area contributed by atoms with Crippen molar-refractivity contribution in [2.75, 3.05) is 20.3 Å². The standard InChI is InChI=1S/C13H17O3.3CH3.Sn/c1-3-11(8-14)9-16-10-12-4-6-13(15-2)7-5-12;;;;/h4-7,11,14H,1,8-10H2,2H3;3*1H3;. The maximum absolute atomic E-state index is 9.50. The summed E-state index contributed by atoms with van der Waals surface area (Å²) >= 11 is -2.16. The second kappa shape index (κ2) is 8.05. The molecule has 1 atom stereocenters. The van der Waals surface area contributed by atoms with Gasteiger partial charge in [0.1, 0.15) is 0 Å². The Morgan fingerprint density at radius 3 is 2.30 bits per heavy atom. The summed E-state index contributed by atoms with van der Waals surface area (Å²) < 4.78 is 12.1. The van der Waals surface area contributed by atoms with Gasteiger partial charge >= 0.3 is 126 Å². The van der Waals surface area contributed by atoms with Crippen LogP contribution in [0.4, 0.5) is 0 Å². The van der Waals surface area contributed by atoms with Gasteiger partial charge in [-0.3, -0.25) is 0 Å². The van der Waals surface area contributed by atoms with E-state index in [4.69, 9.17) is 9.47 Å².